The zero-order valence-corrected chi connectivity index (χ0v) is 11.8. The number of anilines is 1. The zero-order valence-electron chi connectivity index (χ0n) is 11.0. The number of benzene rings is 1. The molecule has 0 unspecified atom stereocenters. The van der Waals surface area contributed by atoms with Crippen molar-refractivity contribution in [2.24, 2.45) is 0 Å². The van der Waals surface area contributed by atoms with Crippen LogP contribution in [0, 0.1) is 0 Å². The molecule has 0 heterocycles. The number of hydrogen-bond acceptors (Lipinski definition) is 3. The minimum absolute atomic E-state index is 0.164. The third-order valence-electron chi connectivity index (χ3n) is 2.37. The fourth-order valence-corrected chi connectivity index (χ4v) is 2.67. The van der Waals surface area contributed by atoms with Crippen molar-refractivity contribution in [1.82, 2.24) is 0 Å². The molecule has 0 radical (unpaired) electrons. The molecule has 0 aromatic heterocycles. The molecule has 1 rings (SSSR count). The Bertz CT molecular complexity index is 440. The summed E-state index contributed by atoms with van der Waals surface area (Å²) in [5.41, 5.74) is 0.579. The summed E-state index contributed by atoms with van der Waals surface area (Å²) < 4.78 is 31.3. The number of hydrogen-bond donors (Lipinski definition) is 1. The van der Waals surface area contributed by atoms with E-state index >= 15 is 0 Å². The summed E-state index contributed by atoms with van der Waals surface area (Å²) in [7, 11) is -3.22. The Morgan fingerprint density at radius 3 is 2.33 bits per heavy atom. The molecule has 0 aliphatic carbocycles. The van der Waals surface area contributed by atoms with E-state index < -0.39 is 10.0 Å². The molecule has 0 aliphatic rings. The first kappa shape index (κ1) is 14.8. The van der Waals surface area contributed by atoms with Crippen LogP contribution in [0.1, 0.15) is 33.1 Å². The number of unbranched alkanes of at least 4 members (excludes halogenated alkanes) is 1. The Hall–Kier alpha value is -1.23. The molecule has 102 valence electrons. The predicted molar refractivity (Wildman–Crippen MR) is 74.5 cm³/mol. The van der Waals surface area contributed by atoms with Gasteiger partial charge in [0.1, 0.15) is 5.75 Å². The van der Waals surface area contributed by atoms with Crippen LogP contribution in [0.4, 0.5) is 5.69 Å². The fourth-order valence-electron chi connectivity index (χ4n) is 1.40. The van der Waals surface area contributed by atoms with Gasteiger partial charge in [-0.2, -0.15) is 0 Å². The Morgan fingerprint density at radius 1 is 1.11 bits per heavy atom. The highest BCUT2D eigenvalue weighted by Gasteiger charge is 2.09. The molecule has 1 aromatic rings. The van der Waals surface area contributed by atoms with E-state index in [0.717, 1.165) is 18.6 Å². The van der Waals surface area contributed by atoms with Gasteiger partial charge in [-0.05, 0) is 37.1 Å². The number of sulfonamides is 1. The van der Waals surface area contributed by atoms with Crippen molar-refractivity contribution < 1.29 is 13.2 Å². The molecule has 1 aromatic carbocycles. The van der Waals surface area contributed by atoms with E-state index in [1.165, 1.54) is 0 Å². The molecule has 0 spiro atoms. The van der Waals surface area contributed by atoms with Crippen LogP contribution < -0.4 is 9.46 Å². The molecule has 0 fully saturated rings. The molecular formula is C13H21NO3S. The van der Waals surface area contributed by atoms with E-state index in [0.29, 0.717) is 18.7 Å². The standard InChI is InChI=1S/C13H21NO3S/c1-3-5-11-18(15,16)14-12-6-8-13(9-7-12)17-10-4-2/h6-9,14H,3-5,10-11H2,1-2H3. The third kappa shape index (κ3) is 5.40. The van der Waals surface area contributed by atoms with Gasteiger partial charge >= 0.3 is 0 Å². The van der Waals surface area contributed by atoms with Gasteiger partial charge in [0.25, 0.3) is 0 Å². The Balaban J connectivity index is 2.57. The Kier molecular flexibility index (Phi) is 5.98. The second-order valence-electron chi connectivity index (χ2n) is 4.15. The highest BCUT2D eigenvalue weighted by atomic mass is 32.2. The molecule has 0 amide bonds. The van der Waals surface area contributed by atoms with Crippen molar-refractivity contribution in [2.75, 3.05) is 17.1 Å². The van der Waals surface area contributed by atoms with Gasteiger partial charge in [-0.1, -0.05) is 20.3 Å². The predicted octanol–water partition coefficient (Wildman–Crippen LogP) is 3.02. The number of nitrogens with one attached hydrogen (secondary N) is 1. The van der Waals surface area contributed by atoms with Crippen molar-refractivity contribution in [1.29, 1.82) is 0 Å². The smallest absolute Gasteiger partial charge is 0.232 e. The molecule has 4 nitrogen and oxygen atoms in total. The summed E-state index contributed by atoms with van der Waals surface area (Å²) in [5, 5.41) is 0. The zero-order chi connectivity index (χ0) is 13.4. The van der Waals surface area contributed by atoms with Crippen LogP contribution in [0.3, 0.4) is 0 Å². The molecular weight excluding hydrogens is 250 g/mol. The first-order valence-corrected chi connectivity index (χ1v) is 7.96. The quantitative estimate of drug-likeness (QED) is 0.790. The molecule has 0 atom stereocenters. The van der Waals surface area contributed by atoms with Crippen molar-refractivity contribution in [2.45, 2.75) is 33.1 Å². The second kappa shape index (κ2) is 7.26. The average Bonchev–Trinajstić information content (AvgIpc) is 2.35. The largest absolute Gasteiger partial charge is 0.494 e. The highest BCUT2D eigenvalue weighted by molar-refractivity contribution is 7.92. The summed E-state index contributed by atoms with van der Waals surface area (Å²) in [6, 6.07) is 6.98. The molecule has 0 aliphatic heterocycles. The summed E-state index contributed by atoms with van der Waals surface area (Å²) in [5.74, 6) is 0.922. The van der Waals surface area contributed by atoms with Gasteiger partial charge in [0.15, 0.2) is 0 Å². The number of rotatable bonds is 8. The fraction of sp³-hybridized carbons (Fsp3) is 0.538. The van der Waals surface area contributed by atoms with Gasteiger partial charge in [-0.3, -0.25) is 4.72 Å². The van der Waals surface area contributed by atoms with Crippen LogP contribution in [0.15, 0.2) is 24.3 Å². The summed E-state index contributed by atoms with van der Waals surface area (Å²) >= 11 is 0. The molecule has 0 saturated carbocycles. The Morgan fingerprint density at radius 2 is 1.78 bits per heavy atom. The van der Waals surface area contributed by atoms with Gasteiger partial charge in [-0.25, -0.2) is 8.42 Å². The van der Waals surface area contributed by atoms with E-state index in [1.54, 1.807) is 24.3 Å². The van der Waals surface area contributed by atoms with E-state index in [2.05, 4.69) is 4.72 Å². The molecule has 18 heavy (non-hydrogen) atoms. The highest BCUT2D eigenvalue weighted by Crippen LogP contribution is 2.17. The van der Waals surface area contributed by atoms with Crippen LogP contribution >= 0.6 is 0 Å². The van der Waals surface area contributed by atoms with Crippen molar-refractivity contribution in [3.63, 3.8) is 0 Å². The van der Waals surface area contributed by atoms with E-state index in [1.807, 2.05) is 13.8 Å². The van der Waals surface area contributed by atoms with Crippen LogP contribution in [0.5, 0.6) is 5.75 Å². The lowest BCUT2D eigenvalue weighted by atomic mass is 10.3. The average molecular weight is 271 g/mol. The summed E-state index contributed by atoms with van der Waals surface area (Å²) in [6.45, 7) is 4.67. The topological polar surface area (TPSA) is 55.4 Å². The molecule has 5 heteroatoms. The van der Waals surface area contributed by atoms with Crippen LogP contribution in [0.25, 0.3) is 0 Å². The van der Waals surface area contributed by atoms with Gasteiger partial charge in [-0.15, -0.1) is 0 Å². The third-order valence-corrected chi connectivity index (χ3v) is 3.74. The monoisotopic (exact) mass is 271 g/mol. The summed E-state index contributed by atoms with van der Waals surface area (Å²) in [6.07, 6.45) is 2.49. The lowest BCUT2D eigenvalue weighted by Gasteiger charge is -2.09. The normalized spacial score (nSPS) is 11.2. The van der Waals surface area contributed by atoms with Gasteiger partial charge in [0.05, 0.1) is 12.4 Å². The summed E-state index contributed by atoms with van der Waals surface area (Å²) in [4.78, 5) is 0. The maximum atomic E-state index is 11.7. The second-order valence-corrected chi connectivity index (χ2v) is 5.99. The van der Waals surface area contributed by atoms with Crippen LogP contribution in [0.2, 0.25) is 0 Å². The van der Waals surface area contributed by atoms with Crippen LogP contribution in [-0.4, -0.2) is 20.8 Å². The van der Waals surface area contributed by atoms with E-state index in [4.69, 9.17) is 4.74 Å². The van der Waals surface area contributed by atoms with Gasteiger partial charge < -0.3 is 4.74 Å². The van der Waals surface area contributed by atoms with Gasteiger partial charge in [0.2, 0.25) is 10.0 Å². The van der Waals surface area contributed by atoms with Crippen LogP contribution in [-0.2, 0) is 10.0 Å². The lowest BCUT2D eigenvalue weighted by Crippen LogP contribution is -2.16. The van der Waals surface area contributed by atoms with Crippen molar-refractivity contribution in [3.05, 3.63) is 24.3 Å². The maximum Gasteiger partial charge on any atom is 0.232 e. The minimum atomic E-state index is -3.22. The van der Waals surface area contributed by atoms with Gasteiger partial charge in [0, 0.05) is 5.69 Å². The van der Waals surface area contributed by atoms with Crippen molar-refractivity contribution in [3.8, 4) is 5.75 Å². The first-order chi connectivity index (χ1) is 8.57. The Labute approximate surface area is 109 Å². The first-order valence-electron chi connectivity index (χ1n) is 6.30. The van der Waals surface area contributed by atoms with E-state index in [9.17, 15) is 8.42 Å². The molecule has 0 saturated heterocycles. The van der Waals surface area contributed by atoms with E-state index in [-0.39, 0.29) is 5.75 Å². The lowest BCUT2D eigenvalue weighted by molar-refractivity contribution is 0.317. The molecule has 0 bridgehead atoms. The minimum Gasteiger partial charge on any atom is -0.494 e. The van der Waals surface area contributed by atoms with Crippen molar-refractivity contribution >= 4 is 15.7 Å². The maximum absolute atomic E-state index is 11.7. The SMILES string of the molecule is CCCCS(=O)(=O)Nc1ccc(OCCC)cc1. The molecule has 1 N–H and O–H groups in total. The number of ether oxygens (including phenoxy) is 1.